The maximum absolute atomic E-state index is 10.7. The van der Waals surface area contributed by atoms with Gasteiger partial charge in [-0.15, -0.1) is 0 Å². The van der Waals surface area contributed by atoms with E-state index >= 15 is 0 Å². The quantitative estimate of drug-likeness (QED) is 0.785. The Morgan fingerprint density at radius 1 is 1.65 bits per heavy atom. The van der Waals surface area contributed by atoms with E-state index in [-0.39, 0.29) is 6.42 Å². The van der Waals surface area contributed by atoms with Crippen LogP contribution in [0.25, 0.3) is 0 Å². The molecule has 0 heterocycles. The van der Waals surface area contributed by atoms with Crippen LogP contribution in [0.5, 0.6) is 5.75 Å². The normalized spacial score (nSPS) is 11.6. The van der Waals surface area contributed by atoms with Gasteiger partial charge in [0.05, 0.1) is 24.0 Å². The molecule has 0 fully saturated rings. The molecule has 0 spiro atoms. The fourth-order valence-corrected chi connectivity index (χ4v) is 1.99. The van der Waals surface area contributed by atoms with Gasteiger partial charge in [-0.2, -0.15) is 0 Å². The van der Waals surface area contributed by atoms with Crippen molar-refractivity contribution in [2.75, 3.05) is 7.11 Å². The van der Waals surface area contributed by atoms with Gasteiger partial charge in [0.25, 0.3) is 0 Å². The van der Waals surface area contributed by atoms with E-state index in [1.807, 2.05) is 0 Å². The summed E-state index contributed by atoms with van der Waals surface area (Å²) in [7, 11) is 1.54. The van der Waals surface area contributed by atoms with Crippen molar-refractivity contribution in [2.24, 2.45) is 0 Å². The number of rotatable bonds is 6. The van der Waals surface area contributed by atoms with Gasteiger partial charge in [-0.25, -0.2) is 0 Å². The van der Waals surface area contributed by atoms with Crippen molar-refractivity contribution in [1.82, 2.24) is 5.32 Å². The number of aliphatic carboxylic acids is 1. The first-order chi connectivity index (χ1) is 8.08. The van der Waals surface area contributed by atoms with Gasteiger partial charge in [0.1, 0.15) is 5.75 Å². The van der Waals surface area contributed by atoms with Crippen LogP contribution in [0, 0.1) is 0 Å². The van der Waals surface area contributed by atoms with Crippen LogP contribution in [0.1, 0.15) is 18.0 Å². The van der Waals surface area contributed by atoms with E-state index in [0.717, 1.165) is 0 Å². The second kappa shape index (κ2) is 6.24. The number of methoxy groups -OCH3 is 1. The van der Waals surface area contributed by atoms with Crippen LogP contribution in [0.4, 0.5) is 0 Å². The summed E-state index contributed by atoms with van der Waals surface area (Å²) in [4.78, 5) is 21.1. The number of carboxylic acid groups (broad SMARTS) is 1. The van der Waals surface area contributed by atoms with Gasteiger partial charge in [-0.3, -0.25) is 9.59 Å². The Morgan fingerprint density at radius 3 is 2.82 bits per heavy atom. The number of hydrogen-bond donors (Lipinski definition) is 2. The number of hydrogen-bond acceptors (Lipinski definition) is 3. The summed E-state index contributed by atoms with van der Waals surface area (Å²) in [6.07, 6.45) is 0.323. The van der Waals surface area contributed by atoms with E-state index in [2.05, 4.69) is 21.2 Å². The summed E-state index contributed by atoms with van der Waals surface area (Å²) < 4.78 is 5.78. The van der Waals surface area contributed by atoms with E-state index < -0.39 is 12.0 Å². The molecule has 5 nitrogen and oxygen atoms in total. The molecule has 0 aliphatic carbocycles. The van der Waals surface area contributed by atoms with Crippen LogP contribution in [0.3, 0.4) is 0 Å². The SMILES string of the molecule is COc1ccc([C@@H](CC(=O)O)NC=O)cc1Br. The monoisotopic (exact) mass is 301 g/mol. The summed E-state index contributed by atoms with van der Waals surface area (Å²) in [5.74, 6) is -0.329. The summed E-state index contributed by atoms with van der Waals surface area (Å²) in [5, 5.41) is 11.2. The number of amides is 1. The first kappa shape index (κ1) is 13.5. The molecule has 0 aromatic heterocycles. The molecule has 1 rings (SSSR count). The standard InChI is InChI=1S/C11H12BrNO4/c1-17-10-3-2-7(4-8(10)12)9(13-6-14)5-11(15)16/h2-4,6,9H,5H2,1H3,(H,13,14)(H,15,16)/t9-/m1/s1. The van der Waals surface area contributed by atoms with Crippen molar-refractivity contribution in [3.8, 4) is 5.75 Å². The second-order valence-corrected chi connectivity index (χ2v) is 4.18. The van der Waals surface area contributed by atoms with Crippen LogP contribution in [-0.2, 0) is 9.59 Å². The average molecular weight is 302 g/mol. The molecule has 92 valence electrons. The largest absolute Gasteiger partial charge is 0.496 e. The highest BCUT2D eigenvalue weighted by Crippen LogP contribution is 2.28. The first-order valence-electron chi connectivity index (χ1n) is 4.83. The van der Waals surface area contributed by atoms with Crippen LogP contribution < -0.4 is 10.1 Å². The molecule has 0 aliphatic heterocycles. The Morgan fingerprint density at radius 2 is 2.35 bits per heavy atom. The Kier molecular flexibility index (Phi) is 4.96. The highest BCUT2D eigenvalue weighted by atomic mass is 79.9. The molecule has 1 atom stereocenters. The smallest absolute Gasteiger partial charge is 0.305 e. The van der Waals surface area contributed by atoms with Gasteiger partial charge < -0.3 is 15.2 Å². The zero-order valence-electron chi connectivity index (χ0n) is 9.14. The minimum atomic E-state index is -0.976. The number of halogens is 1. The molecular formula is C11H12BrNO4. The Hall–Kier alpha value is -1.56. The molecule has 1 amide bonds. The molecule has 0 unspecified atom stereocenters. The molecule has 0 saturated carbocycles. The fourth-order valence-electron chi connectivity index (χ4n) is 1.43. The molecule has 0 saturated heterocycles. The third-order valence-corrected chi connectivity index (χ3v) is 2.85. The molecule has 0 radical (unpaired) electrons. The molecule has 6 heteroatoms. The lowest BCUT2D eigenvalue weighted by Crippen LogP contribution is -2.22. The van der Waals surface area contributed by atoms with Crippen molar-refractivity contribution in [3.63, 3.8) is 0 Å². The van der Waals surface area contributed by atoms with Gasteiger partial charge in [0, 0.05) is 0 Å². The number of ether oxygens (including phenoxy) is 1. The van der Waals surface area contributed by atoms with E-state index in [9.17, 15) is 9.59 Å². The van der Waals surface area contributed by atoms with Gasteiger partial charge in [0.2, 0.25) is 6.41 Å². The van der Waals surface area contributed by atoms with Crippen molar-refractivity contribution in [3.05, 3.63) is 28.2 Å². The maximum Gasteiger partial charge on any atom is 0.305 e. The summed E-state index contributed by atoms with van der Waals surface area (Å²) in [6.45, 7) is 0. The van der Waals surface area contributed by atoms with E-state index in [1.165, 1.54) is 7.11 Å². The van der Waals surface area contributed by atoms with E-state index in [0.29, 0.717) is 22.2 Å². The zero-order chi connectivity index (χ0) is 12.8. The lowest BCUT2D eigenvalue weighted by atomic mass is 10.0. The molecule has 17 heavy (non-hydrogen) atoms. The molecule has 0 bridgehead atoms. The Bertz CT molecular complexity index is 422. The zero-order valence-corrected chi connectivity index (χ0v) is 10.7. The maximum atomic E-state index is 10.7. The van der Waals surface area contributed by atoms with Crippen molar-refractivity contribution in [2.45, 2.75) is 12.5 Å². The number of nitrogens with one attached hydrogen (secondary N) is 1. The van der Waals surface area contributed by atoms with Crippen molar-refractivity contribution in [1.29, 1.82) is 0 Å². The van der Waals surface area contributed by atoms with Gasteiger partial charge in [-0.1, -0.05) is 6.07 Å². The number of carbonyl (C=O) groups excluding carboxylic acids is 1. The minimum Gasteiger partial charge on any atom is -0.496 e. The van der Waals surface area contributed by atoms with Crippen molar-refractivity contribution < 1.29 is 19.4 Å². The van der Waals surface area contributed by atoms with Gasteiger partial charge >= 0.3 is 5.97 Å². The van der Waals surface area contributed by atoms with Crippen LogP contribution in [0.15, 0.2) is 22.7 Å². The lowest BCUT2D eigenvalue weighted by molar-refractivity contribution is -0.137. The number of carbonyl (C=O) groups is 2. The molecular weight excluding hydrogens is 290 g/mol. The number of carboxylic acids is 1. The lowest BCUT2D eigenvalue weighted by Gasteiger charge is -2.15. The molecule has 2 N–H and O–H groups in total. The van der Waals surface area contributed by atoms with E-state index in [1.54, 1.807) is 18.2 Å². The predicted molar refractivity (Wildman–Crippen MR) is 64.9 cm³/mol. The van der Waals surface area contributed by atoms with Crippen LogP contribution in [-0.4, -0.2) is 24.6 Å². The van der Waals surface area contributed by atoms with Crippen LogP contribution >= 0.6 is 15.9 Å². The first-order valence-corrected chi connectivity index (χ1v) is 5.62. The van der Waals surface area contributed by atoms with Gasteiger partial charge in [0.15, 0.2) is 0 Å². The summed E-state index contributed by atoms with van der Waals surface area (Å²) >= 11 is 3.30. The van der Waals surface area contributed by atoms with E-state index in [4.69, 9.17) is 9.84 Å². The minimum absolute atomic E-state index is 0.169. The highest BCUT2D eigenvalue weighted by Gasteiger charge is 2.15. The fraction of sp³-hybridized carbons (Fsp3) is 0.273. The Labute approximate surface area is 107 Å². The summed E-state index contributed by atoms with van der Waals surface area (Å²) in [6, 6.07) is 4.60. The molecule has 1 aromatic rings. The summed E-state index contributed by atoms with van der Waals surface area (Å²) in [5.41, 5.74) is 0.701. The second-order valence-electron chi connectivity index (χ2n) is 3.33. The van der Waals surface area contributed by atoms with Gasteiger partial charge in [-0.05, 0) is 33.6 Å². The Balaban J connectivity index is 2.97. The average Bonchev–Trinajstić information content (AvgIpc) is 2.28. The molecule has 0 aliphatic rings. The molecule has 1 aromatic carbocycles. The predicted octanol–water partition coefficient (Wildman–Crippen LogP) is 1.72. The van der Waals surface area contributed by atoms with Crippen molar-refractivity contribution >= 4 is 28.3 Å². The number of benzene rings is 1. The highest BCUT2D eigenvalue weighted by molar-refractivity contribution is 9.10. The third kappa shape index (κ3) is 3.74. The topological polar surface area (TPSA) is 75.6 Å². The van der Waals surface area contributed by atoms with Crippen LogP contribution in [0.2, 0.25) is 0 Å². The third-order valence-electron chi connectivity index (χ3n) is 2.23.